The number of hydrogen-bond acceptors (Lipinski definition) is 4. The predicted octanol–water partition coefficient (Wildman–Crippen LogP) is 2.74. The fraction of sp³-hybridized carbons (Fsp3) is 0.769. The van der Waals surface area contributed by atoms with Crippen LogP contribution in [0.4, 0.5) is 11.5 Å². The van der Waals surface area contributed by atoms with Gasteiger partial charge in [0.1, 0.15) is 5.69 Å². The molecule has 1 aliphatic carbocycles. The van der Waals surface area contributed by atoms with Gasteiger partial charge in [0.2, 0.25) is 5.82 Å². The van der Waals surface area contributed by atoms with E-state index in [0.29, 0.717) is 29.8 Å². The molecular formula is C13H22N4O2. The van der Waals surface area contributed by atoms with Gasteiger partial charge in [0.25, 0.3) is 0 Å². The molecule has 6 heteroatoms. The van der Waals surface area contributed by atoms with Gasteiger partial charge in [-0.15, -0.1) is 0 Å². The highest BCUT2D eigenvalue weighted by Crippen LogP contribution is 2.33. The molecule has 106 valence electrons. The Hall–Kier alpha value is -1.59. The van der Waals surface area contributed by atoms with Crippen LogP contribution in [0.2, 0.25) is 0 Å². The molecule has 0 radical (unpaired) electrons. The molecule has 0 saturated heterocycles. The molecule has 2 rings (SSSR count). The van der Waals surface area contributed by atoms with Crippen LogP contribution in [-0.4, -0.2) is 21.2 Å². The average Bonchev–Trinajstić information content (AvgIpc) is 2.90. The zero-order valence-corrected chi connectivity index (χ0v) is 11.8. The number of nitrogens with zero attached hydrogens (tertiary/aromatic N) is 3. The third-order valence-corrected chi connectivity index (χ3v) is 4.18. The molecular weight excluding hydrogens is 244 g/mol. The molecule has 2 unspecified atom stereocenters. The lowest BCUT2D eigenvalue weighted by Crippen LogP contribution is -2.18. The second kappa shape index (κ2) is 5.59. The normalized spacial score (nSPS) is 22.7. The van der Waals surface area contributed by atoms with Gasteiger partial charge in [-0.25, -0.2) is 4.68 Å². The highest BCUT2D eigenvalue weighted by molar-refractivity contribution is 5.59. The predicted molar refractivity (Wildman–Crippen MR) is 74.2 cm³/mol. The van der Waals surface area contributed by atoms with E-state index in [1.54, 1.807) is 11.7 Å². The van der Waals surface area contributed by atoms with E-state index in [0.717, 1.165) is 6.54 Å². The van der Waals surface area contributed by atoms with Crippen LogP contribution in [0.15, 0.2) is 0 Å². The van der Waals surface area contributed by atoms with Gasteiger partial charge in [-0.3, -0.25) is 10.1 Å². The third kappa shape index (κ3) is 2.72. The van der Waals surface area contributed by atoms with E-state index in [9.17, 15) is 10.1 Å². The summed E-state index contributed by atoms with van der Waals surface area (Å²) >= 11 is 0. The molecule has 1 aliphatic rings. The molecule has 0 spiro atoms. The van der Waals surface area contributed by atoms with Gasteiger partial charge >= 0.3 is 5.69 Å². The van der Waals surface area contributed by atoms with Crippen molar-refractivity contribution in [2.24, 2.45) is 18.9 Å². The Labute approximate surface area is 113 Å². The summed E-state index contributed by atoms with van der Waals surface area (Å²) in [5.74, 6) is 1.85. The van der Waals surface area contributed by atoms with Crippen LogP contribution in [0.3, 0.4) is 0 Å². The van der Waals surface area contributed by atoms with Crippen molar-refractivity contribution in [1.82, 2.24) is 9.78 Å². The van der Waals surface area contributed by atoms with Crippen molar-refractivity contribution in [3.8, 4) is 0 Å². The van der Waals surface area contributed by atoms with Crippen LogP contribution in [0.25, 0.3) is 0 Å². The monoisotopic (exact) mass is 266 g/mol. The summed E-state index contributed by atoms with van der Waals surface area (Å²) in [6, 6.07) is 0. The Morgan fingerprint density at radius 2 is 2.26 bits per heavy atom. The molecule has 1 aromatic heterocycles. The number of hydrogen-bond donors (Lipinski definition) is 1. The average molecular weight is 266 g/mol. The highest BCUT2D eigenvalue weighted by Gasteiger charge is 2.28. The van der Waals surface area contributed by atoms with E-state index < -0.39 is 0 Å². The Balaban J connectivity index is 2.15. The maximum absolute atomic E-state index is 11.2. The Kier molecular flexibility index (Phi) is 4.07. The van der Waals surface area contributed by atoms with E-state index in [4.69, 9.17) is 0 Å². The maximum atomic E-state index is 11.2. The Bertz CT molecular complexity index is 469. The summed E-state index contributed by atoms with van der Waals surface area (Å²) in [5, 5.41) is 18.7. The number of nitrogens with one attached hydrogen (secondary N) is 1. The summed E-state index contributed by atoms with van der Waals surface area (Å²) in [6.45, 7) is 4.94. The fourth-order valence-electron chi connectivity index (χ4n) is 2.95. The van der Waals surface area contributed by atoms with Crippen molar-refractivity contribution in [3.63, 3.8) is 0 Å². The second-order valence-corrected chi connectivity index (χ2v) is 5.43. The first-order valence-electron chi connectivity index (χ1n) is 6.98. The van der Waals surface area contributed by atoms with Crippen molar-refractivity contribution < 1.29 is 4.92 Å². The maximum Gasteiger partial charge on any atom is 0.333 e. The van der Waals surface area contributed by atoms with Gasteiger partial charge in [-0.2, -0.15) is 5.10 Å². The van der Waals surface area contributed by atoms with Crippen molar-refractivity contribution >= 4 is 11.5 Å². The third-order valence-electron chi connectivity index (χ3n) is 4.18. The van der Waals surface area contributed by atoms with E-state index in [1.807, 2.05) is 6.92 Å². The Morgan fingerprint density at radius 1 is 1.53 bits per heavy atom. The Morgan fingerprint density at radius 3 is 2.79 bits per heavy atom. The minimum absolute atomic E-state index is 0.135. The molecule has 1 heterocycles. The molecule has 0 bridgehead atoms. The molecule has 1 aromatic rings. The first-order valence-corrected chi connectivity index (χ1v) is 6.98. The van der Waals surface area contributed by atoms with E-state index in [-0.39, 0.29) is 10.6 Å². The number of aryl methyl sites for hydroxylation is 2. The van der Waals surface area contributed by atoms with E-state index >= 15 is 0 Å². The van der Waals surface area contributed by atoms with Crippen LogP contribution in [-0.2, 0) is 13.5 Å². The summed E-state index contributed by atoms with van der Waals surface area (Å²) in [7, 11) is 1.76. The summed E-state index contributed by atoms with van der Waals surface area (Å²) < 4.78 is 1.59. The molecule has 0 aliphatic heterocycles. The molecule has 6 nitrogen and oxygen atoms in total. The number of nitro groups is 1. The van der Waals surface area contributed by atoms with Crippen LogP contribution in [0.5, 0.6) is 0 Å². The van der Waals surface area contributed by atoms with Gasteiger partial charge in [-0.05, 0) is 24.7 Å². The summed E-state index contributed by atoms with van der Waals surface area (Å²) in [4.78, 5) is 10.9. The van der Waals surface area contributed by atoms with Gasteiger partial charge in [0.15, 0.2) is 0 Å². The molecule has 2 atom stereocenters. The van der Waals surface area contributed by atoms with Crippen LogP contribution in [0.1, 0.15) is 38.8 Å². The van der Waals surface area contributed by atoms with Gasteiger partial charge in [-0.1, -0.05) is 26.7 Å². The standard InChI is InChI=1S/C13H22N4O2/c1-4-11-12(17(18)19)13(16(3)15-11)14-8-10-7-5-6-9(10)2/h9-10,14H,4-8H2,1-3H3. The quantitative estimate of drug-likeness (QED) is 0.657. The van der Waals surface area contributed by atoms with Crippen LogP contribution in [0, 0.1) is 22.0 Å². The fourth-order valence-corrected chi connectivity index (χ4v) is 2.95. The smallest absolute Gasteiger partial charge is 0.333 e. The lowest BCUT2D eigenvalue weighted by molar-refractivity contribution is -0.384. The van der Waals surface area contributed by atoms with Crippen molar-refractivity contribution in [3.05, 3.63) is 15.8 Å². The summed E-state index contributed by atoms with van der Waals surface area (Å²) in [6.07, 6.45) is 4.31. The summed E-state index contributed by atoms with van der Waals surface area (Å²) in [5.41, 5.74) is 0.685. The van der Waals surface area contributed by atoms with Gasteiger partial charge in [0.05, 0.1) is 4.92 Å². The SMILES string of the molecule is CCc1nn(C)c(NCC2CCCC2C)c1[N+](=O)[O-]. The molecule has 19 heavy (non-hydrogen) atoms. The molecule has 0 amide bonds. The minimum atomic E-state index is -0.327. The van der Waals surface area contributed by atoms with Crippen LogP contribution < -0.4 is 5.32 Å². The first-order chi connectivity index (χ1) is 9.04. The van der Waals surface area contributed by atoms with Gasteiger partial charge < -0.3 is 5.32 Å². The first kappa shape index (κ1) is 13.8. The largest absolute Gasteiger partial charge is 0.364 e. The van der Waals surface area contributed by atoms with Crippen molar-refractivity contribution in [1.29, 1.82) is 0 Å². The lowest BCUT2D eigenvalue weighted by atomic mass is 9.98. The van der Waals surface area contributed by atoms with E-state index in [1.165, 1.54) is 19.3 Å². The number of rotatable bonds is 5. The highest BCUT2D eigenvalue weighted by atomic mass is 16.6. The number of aromatic nitrogens is 2. The number of anilines is 1. The molecule has 1 N–H and O–H groups in total. The molecule has 0 aromatic carbocycles. The second-order valence-electron chi connectivity index (χ2n) is 5.43. The minimum Gasteiger partial charge on any atom is -0.364 e. The lowest BCUT2D eigenvalue weighted by Gasteiger charge is -2.16. The van der Waals surface area contributed by atoms with Crippen LogP contribution >= 0.6 is 0 Å². The topological polar surface area (TPSA) is 73.0 Å². The molecule has 1 fully saturated rings. The van der Waals surface area contributed by atoms with Gasteiger partial charge in [0, 0.05) is 13.6 Å². The van der Waals surface area contributed by atoms with E-state index in [2.05, 4.69) is 17.3 Å². The molecule has 1 saturated carbocycles. The zero-order chi connectivity index (χ0) is 14.0. The van der Waals surface area contributed by atoms with Crippen molar-refractivity contribution in [2.45, 2.75) is 39.5 Å². The zero-order valence-electron chi connectivity index (χ0n) is 11.8. The van der Waals surface area contributed by atoms with Crippen molar-refractivity contribution in [2.75, 3.05) is 11.9 Å².